The minimum absolute atomic E-state index is 0.102. The molecule has 0 atom stereocenters. The van der Waals surface area contributed by atoms with Crippen LogP contribution in [-0.2, 0) is 9.59 Å². The molecule has 2 radical (unpaired) electrons. The molecular weight excluding hydrogens is 108 g/mol. The van der Waals surface area contributed by atoms with Crippen molar-refractivity contribution >= 4 is 12.6 Å². The molecule has 0 rings (SSSR count). The second kappa shape index (κ2) is 4.46. The molecule has 1 N–H and O–H groups in total. The zero-order chi connectivity index (χ0) is 6.41. The molecule has 0 fully saturated rings. The Morgan fingerprint density at radius 2 is 1.62 bits per heavy atom. The fourth-order valence-electron chi connectivity index (χ4n) is 0.265. The van der Waals surface area contributed by atoms with E-state index in [1.807, 2.05) is 0 Å². The monoisotopic (exact) mass is 114 g/mol. The maximum atomic E-state index is 9.48. The Kier molecular flexibility index (Phi) is 4.07. The van der Waals surface area contributed by atoms with Gasteiger partial charge >= 0.3 is 0 Å². The molecule has 0 unspecified atom stereocenters. The highest BCUT2D eigenvalue weighted by Gasteiger charge is 2.00. The maximum absolute atomic E-state index is 9.48. The molecule has 0 heterocycles. The molecule has 0 aliphatic rings. The van der Waals surface area contributed by atoms with Gasteiger partial charge in [-0.25, -0.2) is 0 Å². The molecule has 0 saturated carbocycles. The van der Waals surface area contributed by atoms with Crippen LogP contribution in [0.15, 0.2) is 0 Å². The lowest BCUT2D eigenvalue weighted by atomic mass is 10.2. The highest BCUT2D eigenvalue weighted by atomic mass is 16.3. The molecule has 0 aliphatic heterocycles. The standard InChI is InChI=1S/C5H6O3/c6-3-1-5(8)2-4-7/h5,8H,1-2H2. The van der Waals surface area contributed by atoms with Crippen LogP contribution >= 0.6 is 0 Å². The lowest BCUT2D eigenvalue weighted by Crippen LogP contribution is -2.06. The molecule has 8 heavy (non-hydrogen) atoms. The van der Waals surface area contributed by atoms with Gasteiger partial charge in [-0.3, -0.25) is 9.59 Å². The summed E-state index contributed by atoms with van der Waals surface area (Å²) in [5.74, 6) is 0. The normalized spacial score (nSPS) is 9.25. The van der Waals surface area contributed by atoms with Crippen molar-refractivity contribution in [3.8, 4) is 0 Å². The van der Waals surface area contributed by atoms with Gasteiger partial charge in [0.15, 0.2) is 0 Å². The average molecular weight is 114 g/mol. The Hall–Kier alpha value is -0.700. The summed E-state index contributed by atoms with van der Waals surface area (Å²) >= 11 is 0. The van der Waals surface area contributed by atoms with Gasteiger partial charge in [-0.15, -0.1) is 0 Å². The first-order chi connectivity index (χ1) is 3.81. The lowest BCUT2D eigenvalue weighted by Gasteiger charge is -1.95. The van der Waals surface area contributed by atoms with Gasteiger partial charge in [0, 0.05) is 12.8 Å². The number of rotatable bonds is 4. The Labute approximate surface area is 47.3 Å². The Balaban J connectivity index is 3.16. The first-order valence-electron chi connectivity index (χ1n) is 2.19. The van der Waals surface area contributed by atoms with Crippen LogP contribution in [0.25, 0.3) is 0 Å². The predicted molar refractivity (Wildman–Crippen MR) is 26.6 cm³/mol. The third-order valence-corrected chi connectivity index (χ3v) is 0.638. The molecule has 0 aromatic rings. The van der Waals surface area contributed by atoms with Gasteiger partial charge in [0.05, 0.1) is 6.10 Å². The fourth-order valence-corrected chi connectivity index (χ4v) is 0.265. The predicted octanol–water partition coefficient (Wildman–Crippen LogP) is -0.653. The van der Waals surface area contributed by atoms with Gasteiger partial charge in [0.1, 0.15) is 0 Å². The van der Waals surface area contributed by atoms with Crippen LogP contribution in [0.4, 0.5) is 0 Å². The third-order valence-electron chi connectivity index (χ3n) is 0.638. The van der Waals surface area contributed by atoms with E-state index in [2.05, 4.69) is 0 Å². The number of aliphatic hydroxyl groups excluding tert-OH is 1. The van der Waals surface area contributed by atoms with E-state index in [0.29, 0.717) is 0 Å². The molecule has 0 saturated heterocycles. The first-order valence-corrected chi connectivity index (χ1v) is 2.19. The molecule has 3 heteroatoms. The Morgan fingerprint density at radius 1 is 1.25 bits per heavy atom. The van der Waals surface area contributed by atoms with Gasteiger partial charge < -0.3 is 5.11 Å². The summed E-state index contributed by atoms with van der Waals surface area (Å²) in [5, 5.41) is 8.52. The number of hydrogen-bond acceptors (Lipinski definition) is 3. The summed E-state index contributed by atoms with van der Waals surface area (Å²) in [6, 6.07) is 0. The molecule has 0 aromatic heterocycles. The summed E-state index contributed by atoms with van der Waals surface area (Å²) in [6.07, 6.45) is 1.86. The van der Waals surface area contributed by atoms with Crippen molar-refractivity contribution in [2.45, 2.75) is 18.9 Å². The van der Waals surface area contributed by atoms with Crippen molar-refractivity contribution in [1.82, 2.24) is 0 Å². The topological polar surface area (TPSA) is 54.4 Å². The van der Waals surface area contributed by atoms with E-state index in [0.717, 1.165) is 0 Å². The van der Waals surface area contributed by atoms with Crippen LogP contribution < -0.4 is 0 Å². The molecular formula is C5H6O3. The van der Waals surface area contributed by atoms with Crippen LogP contribution in [0.3, 0.4) is 0 Å². The summed E-state index contributed by atoms with van der Waals surface area (Å²) < 4.78 is 0. The van der Waals surface area contributed by atoms with Crippen molar-refractivity contribution in [2.24, 2.45) is 0 Å². The van der Waals surface area contributed by atoms with Gasteiger partial charge in [-0.1, -0.05) is 0 Å². The van der Waals surface area contributed by atoms with Gasteiger partial charge in [-0.2, -0.15) is 0 Å². The third kappa shape index (κ3) is 3.49. The zero-order valence-electron chi connectivity index (χ0n) is 4.26. The van der Waals surface area contributed by atoms with Gasteiger partial charge in [-0.05, 0) is 0 Å². The van der Waals surface area contributed by atoms with Crippen LogP contribution in [-0.4, -0.2) is 23.8 Å². The largest absolute Gasteiger partial charge is 0.392 e. The van der Waals surface area contributed by atoms with E-state index in [-0.39, 0.29) is 12.8 Å². The van der Waals surface area contributed by atoms with Crippen LogP contribution in [0.2, 0.25) is 0 Å². The molecule has 0 bridgehead atoms. The van der Waals surface area contributed by atoms with Crippen LogP contribution in [0, 0.1) is 0 Å². The molecule has 3 nitrogen and oxygen atoms in total. The molecule has 0 spiro atoms. The van der Waals surface area contributed by atoms with Crippen molar-refractivity contribution < 1.29 is 14.7 Å². The molecule has 44 valence electrons. The quantitative estimate of drug-likeness (QED) is 0.528. The van der Waals surface area contributed by atoms with Crippen LogP contribution in [0.1, 0.15) is 12.8 Å². The van der Waals surface area contributed by atoms with E-state index >= 15 is 0 Å². The average Bonchev–Trinajstić information content (AvgIpc) is 1.68. The summed E-state index contributed by atoms with van der Waals surface area (Å²) in [7, 11) is 0. The van der Waals surface area contributed by atoms with Crippen molar-refractivity contribution in [2.75, 3.05) is 0 Å². The molecule has 0 amide bonds. The number of hydrogen-bond donors (Lipinski definition) is 1. The van der Waals surface area contributed by atoms with Gasteiger partial charge in [0.2, 0.25) is 12.6 Å². The van der Waals surface area contributed by atoms with Crippen molar-refractivity contribution in [3.05, 3.63) is 0 Å². The summed E-state index contributed by atoms with van der Waals surface area (Å²) in [4.78, 5) is 19.0. The summed E-state index contributed by atoms with van der Waals surface area (Å²) in [5.41, 5.74) is 0. The lowest BCUT2D eigenvalue weighted by molar-refractivity contribution is 0.188. The van der Waals surface area contributed by atoms with Crippen molar-refractivity contribution in [3.63, 3.8) is 0 Å². The number of aliphatic hydroxyl groups is 1. The first kappa shape index (κ1) is 7.30. The maximum Gasteiger partial charge on any atom is 0.201 e. The minimum atomic E-state index is -0.884. The summed E-state index contributed by atoms with van der Waals surface area (Å²) in [6.45, 7) is 0. The second-order valence-electron chi connectivity index (χ2n) is 1.35. The number of carbonyl (C=O) groups excluding carboxylic acids is 2. The highest BCUT2D eigenvalue weighted by Crippen LogP contribution is 1.89. The smallest absolute Gasteiger partial charge is 0.201 e. The van der Waals surface area contributed by atoms with E-state index in [9.17, 15) is 9.59 Å². The van der Waals surface area contributed by atoms with Crippen molar-refractivity contribution in [1.29, 1.82) is 0 Å². The SMILES string of the molecule is O=[C]CC(O)C[C]=O. The molecule has 0 aliphatic carbocycles. The van der Waals surface area contributed by atoms with E-state index in [1.54, 1.807) is 0 Å². The second-order valence-corrected chi connectivity index (χ2v) is 1.35. The van der Waals surface area contributed by atoms with E-state index in [4.69, 9.17) is 5.11 Å². The Bertz CT molecular complexity index is 69.7. The minimum Gasteiger partial charge on any atom is -0.392 e. The fraction of sp³-hybridized carbons (Fsp3) is 0.600. The highest BCUT2D eigenvalue weighted by molar-refractivity contribution is 5.55. The van der Waals surface area contributed by atoms with Crippen LogP contribution in [0.5, 0.6) is 0 Å². The van der Waals surface area contributed by atoms with Gasteiger partial charge in [0.25, 0.3) is 0 Å². The zero-order valence-corrected chi connectivity index (χ0v) is 4.26. The Morgan fingerprint density at radius 3 is 1.88 bits per heavy atom. The van der Waals surface area contributed by atoms with E-state index < -0.39 is 6.10 Å². The molecule has 0 aromatic carbocycles. The van der Waals surface area contributed by atoms with E-state index in [1.165, 1.54) is 12.6 Å².